The molecule has 1 nitrogen and oxygen atoms in total. The van der Waals surface area contributed by atoms with Crippen LogP contribution in [0.5, 0.6) is 0 Å². The van der Waals surface area contributed by atoms with Crippen molar-refractivity contribution < 1.29 is 8.78 Å². The number of aryl methyl sites for hydroxylation is 1. The predicted molar refractivity (Wildman–Crippen MR) is 63.0 cm³/mol. The van der Waals surface area contributed by atoms with Gasteiger partial charge in [-0.1, -0.05) is 0 Å². The zero-order chi connectivity index (χ0) is 10.1. The molecule has 1 aromatic heterocycles. The first-order chi connectivity index (χ1) is 6.72. The van der Waals surface area contributed by atoms with Crippen LogP contribution in [0.25, 0.3) is 0 Å². The van der Waals surface area contributed by atoms with Crippen molar-refractivity contribution in [3.63, 3.8) is 0 Å². The van der Waals surface area contributed by atoms with E-state index >= 15 is 0 Å². The van der Waals surface area contributed by atoms with Gasteiger partial charge in [-0.2, -0.15) is 0 Å². The van der Waals surface area contributed by atoms with E-state index in [-0.39, 0.29) is 0 Å². The highest BCUT2D eigenvalue weighted by Crippen LogP contribution is 2.33. The van der Waals surface area contributed by atoms with E-state index in [0.717, 1.165) is 12.1 Å². The molecule has 5 heteroatoms. The van der Waals surface area contributed by atoms with Gasteiger partial charge in [0.2, 0.25) is 6.43 Å². The molecule has 1 unspecified atom stereocenters. The van der Waals surface area contributed by atoms with Crippen molar-refractivity contribution in [1.82, 2.24) is 3.97 Å². The van der Waals surface area contributed by atoms with Crippen LogP contribution in [0.3, 0.4) is 0 Å². The molecule has 0 N–H and O–H groups in total. The van der Waals surface area contributed by atoms with E-state index in [4.69, 9.17) is 0 Å². The Bertz CT molecular complexity index is 313. The summed E-state index contributed by atoms with van der Waals surface area (Å²) in [6.45, 7) is 0. The SMILES string of the molecule is FC(F)C1CCc2ccn(SI)c2C1. The van der Waals surface area contributed by atoms with Crippen LogP contribution >= 0.6 is 30.3 Å². The second-order valence-corrected chi connectivity index (χ2v) is 5.23. The Hall–Kier alpha value is 0.220. The van der Waals surface area contributed by atoms with Crippen molar-refractivity contribution in [2.24, 2.45) is 5.92 Å². The first-order valence-electron chi connectivity index (χ1n) is 4.48. The number of rotatable bonds is 2. The second-order valence-electron chi connectivity index (χ2n) is 3.52. The molecule has 0 radical (unpaired) electrons. The van der Waals surface area contributed by atoms with E-state index in [9.17, 15) is 8.78 Å². The number of hydrogen-bond acceptors (Lipinski definition) is 1. The van der Waals surface area contributed by atoms with Crippen LogP contribution in [0.4, 0.5) is 8.78 Å². The van der Waals surface area contributed by atoms with Gasteiger partial charge in [0.25, 0.3) is 0 Å². The van der Waals surface area contributed by atoms with Crippen molar-refractivity contribution in [1.29, 1.82) is 0 Å². The minimum absolute atomic E-state index is 0.445. The summed E-state index contributed by atoms with van der Waals surface area (Å²) in [5.41, 5.74) is 2.33. The number of aromatic nitrogens is 1. The lowest BCUT2D eigenvalue weighted by Gasteiger charge is -2.22. The third kappa shape index (κ3) is 1.93. The normalized spacial score (nSPS) is 21.3. The monoisotopic (exact) mass is 329 g/mol. The van der Waals surface area contributed by atoms with Crippen LogP contribution in [-0.4, -0.2) is 10.4 Å². The smallest absolute Gasteiger partial charge is 0.241 e. The maximum Gasteiger partial charge on any atom is 0.241 e. The van der Waals surface area contributed by atoms with Crippen LogP contribution in [0, 0.1) is 5.92 Å². The highest BCUT2D eigenvalue weighted by molar-refractivity contribution is 14.2. The molecule has 2 rings (SSSR count). The zero-order valence-corrected chi connectivity index (χ0v) is 10.4. The molecular weight excluding hydrogens is 319 g/mol. The van der Waals surface area contributed by atoms with Crippen molar-refractivity contribution in [2.45, 2.75) is 25.7 Å². The van der Waals surface area contributed by atoms with Crippen LogP contribution in [0.15, 0.2) is 12.3 Å². The van der Waals surface area contributed by atoms with Gasteiger partial charge in [-0.05, 0) is 30.9 Å². The number of nitrogens with zero attached hydrogens (tertiary/aromatic N) is 1. The first kappa shape index (κ1) is 10.7. The zero-order valence-electron chi connectivity index (χ0n) is 7.42. The summed E-state index contributed by atoms with van der Waals surface area (Å²) in [5, 5.41) is 0. The Morgan fingerprint density at radius 3 is 3.00 bits per heavy atom. The van der Waals surface area contributed by atoms with Crippen LogP contribution in [0.2, 0.25) is 0 Å². The molecular formula is C9H10F2INS. The molecule has 0 aliphatic heterocycles. The van der Waals surface area contributed by atoms with E-state index in [1.54, 1.807) is 9.12 Å². The van der Waals surface area contributed by atoms with E-state index < -0.39 is 12.3 Å². The van der Waals surface area contributed by atoms with Gasteiger partial charge >= 0.3 is 0 Å². The van der Waals surface area contributed by atoms with Gasteiger partial charge in [0.05, 0.1) is 0 Å². The number of alkyl halides is 2. The topological polar surface area (TPSA) is 4.93 Å². The summed E-state index contributed by atoms with van der Waals surface area (Å²) in [6, 6.07) is 2.04. The van der Waals surface area contributed by atoms with Crippen molar-refractivity contribution >= 4 is 30.3 Å². The summed E-state index contributed by atoms with van der Waals surface area (Å²) in [5.74, 6) is -0.445. The van der Waals surface area contributed by atoms with Crippen molar-refractivity contribution in [2.75, 3.05) is 0 Å². The van der Waals surface area contributed by atoms with Crippen molar-refractivity contribution in [3.05, 3.63) is 23.5 Å². The number of halogens is 3. The van der Waals surface area contributed by atoms with Crippen LogP contribution < -0.4 is 0 Å². The largest absolute Gasteiger partial charge is 0.287 e. The Balaban J connectivity index is 2.23. The quantitative estimate of drug-likeness (QED) is 0.749. The molecule has 1 atom stereocenters. The van der Waals surface area contributed by atoms with E-state index in [1.807, 2.05) is 16.2 Å². The fourth-order valence-corrected chi connectivity index (χ4v) is 3.39. The molecule has 1 aromatic rings. The highest BCUT2D eigenvalue weighted by Gasteiger charge is 2.27. The molecule has 0 fully saturated rings. The summed E-state index contributed by atoms with van der Waals surface area (Å²) in [6.07, 6.45) is 1.74. The minimum atomic E-state index is -2.18. The van der Waals surface area contributed by atoms with Crippen LogP contribution in [0.1, 0.15) is 17.7 Å². The fraction of sp³-hybridized carbons (Fsp3) is 0.556. The van der Waals surface area contributed by atoms with Crippen LogP contribution in [-0.2, 0) is 12.8 Å². The fourth-order valence-electron chi connectivity index (χ4n) is 1.91. The lowest BCUT2D eigenvalue weighted by Crippen LogP contribution is -2.21. The third-order valence-corrected chi connectivity index (χ3v) is 4.48. The molecule has 0 amide bonds. The molecule has 0 saturated carbocycles. The summed E-state index contributed by atoms with van der Waals surface area (Å²) in [7, 11) is 1.55. The number of fused-ring (bicyclic) bond motifs is 1. The average molecular weight is 329 g/mol. The molecule has 1 heterocycles. The maximum absolute atomic E-state index is 12.5. The number of hydrogen-bond donors (Lipinski definition) is 0. The minimum Gasteiger partial charge on any atom is -0.287 e. The first-order valence-corrected chi connectivity index (χ1v) is 7.80. The Morgan fingerprint density at radius 2 is 2.36 bits per heavy atom. The lowest BCUT2D eigenvalue weighted by molar-refractivity contribution is 0.0689. The maximum atomic E-state index is 12.5. The van der Waals surface area contributed by atoms with E-state index in [1.165, 1.54) is 5.56 Å². The Morgan fingerprint density at radius 1 is 1.57 bits per heavy atom. The molecule has 0 saturated heterocycles. The van der Waals surface area contributed by atoms with Gasteiger partial charge < -0.3 is 0 Å². The van der Waals surface area contributed by atoms with E-state index in [0.29, 0.717) is 12.8 Å². The van der Waals surface area contributed by atoms with Gasteiger partial charge in [0, 0.05) is 48.1 Å². The standard InChI is InChI=1S/C9H10F2INS/c10-9(11)7-2-1-6-3-4-13(14-12)8(6)5-7/h3-4,7,9H,1-2,5H2. The molecule has 78 valence electrons. The molecule has 14 heavy (non-hydrogen) atoms. The molecule has 1 aliphatic rings. The van der Waals surface area contributed by atoms with Gasteiger partial charge in [0.15, 0.2) is 0 Å². The summed E-state index contributed by atoms with van der Waals surface area (Å²) >= 11 is 2.17. The molecule has 0 spiro atoms. The molecule has 1 aliphatic carbocycles. The lowest BCUT2D eigenvalue weighted by atomic mass is 9.88. The Labute approximate surface area is 98.0 Å². The average Bonchev–Trinajstić information content (AvgIpc) is 2.59. The Kier molecular flexibility index (Phi) is 3.36. The summed E-state index contributed by atoms with van der Waals surface area (Å²) < 4.78 is 27.1. The van der Waals surface area contributed by atoms with Crippen molar-refractivity contribution in [3.8, 4) is 0 Å². The van der Waals surface area contributed by atoms with E-state index in [2.05, 4.69) is 21.2 Å². The second kappa shape index (κ2) is 4.38. The van der Waals surface area contributed by atoms with Gasteiger partial charge in [-0.3, -0.25) is 3.97 Å². The third-order valence-electron chi connectivity index (χ3n) is 2.72. The highest BCUT2D eigenvalue weighted by atomic mass is 127. The molecule has 0 aromatic carbocycles. The van der Waals surface area contributed by atoms with Gasteiger partial charge in [0.1, 0.15) is 0 Å². The van der Waals surface area contributed by atoms with Gasteiger partial charge in [-0.15, -0.1) is 0 Å². The molecule has 0 bridgehead atoms. The predicted octanol–water partition coefficient (Wildman–Crippen LogP) is 3.70. The van der Waals surface area contributed by atoms with Gasteiger partial charge in [-0.25, -0.2) is 8.78 Å². The summed E-state index contributed by atoms with van der Waals surface area (Å²) in [4.78, 5) is 0.